The summed E-state index contributed by atoms with van der Waals surface area (Å²) in [5.41, 5.74) is 13.2. The zero-order valence-corrected chi connectivity index (χ0v) is 28.7. The van der Waals surface area contributed by atoms with Gasteiger partial charge in [-0.3, -0.25) is 15.5 Å². The molecular formula is C48H33N5. The van der Waals surface area contributed by atoms with Crippen LogP contribution >= 0.6 is 0 Å². The lowest BCUT2D eigenvalue weighted by Gasteiger charge is -2.16. The van der Waals surface area contributed by atoms with Crippen LogP contribution in [0.3, 0.4) is 0 Å². The molecule has 0 saturated heterocycles. The van der Waals surface area contributed by atoms with Crippen molar-refractivity contribution in [2.75, 3.05) is 5.43 Å². The maximum Gasteiger partial charge on any atom is 0.154 e. The summed E-state index contributed by atoms with van der Waals surface area (Å²) in [4.78, 5) is 4.88. The number of rotatable bonds is 5. The molecule has 10 rings (SSSR count). The average Bonchev–Trinajstić information content (AvgIpc) is 3.73. The topological polar surface area (TPSA) is 58.1 Å². The summed E-state index contributed by atoms with van der Waals surface area (Å²) in [5.74, 6) is 0.779. The Balaban J connectivity index is 1.21. The summed E-state index contributed by atoms with van der Waals surface area (Å²) >= 11 is 0. The highest BCUT2D eigenvalue weighted by atomic mass is 15.4. The minimum absolute atomic E-state index is 0.188. The van der Waals surface area contributed by atoms with Crippen LogP contribution in [0.1, 0.15) is 11.1 Å². The first-order valence-electron chi connectivity index (χ1n) is 17.8. The zero-order valence-electron chi connectivity index (χ0n) is 28.7. The van der Waals surface area contributed by atoms with E-state index in [0.717, 1.165) is 44.2 Å². The van der Waals surface area contributed by atoms with Gasteiger partial charge in [0.15, 0.2) is 11.7 Å². The fourth-order valence-electron chi connectivity index (χ4n) is 7.79. The Kier molecular flexibility index (Phi) is 7.22. The van der Waals surface area contributed by atoms with Crippen molar-refractivity contribution in [3.63, 3.8) is 0 Å². The molecule has 0 bridgehead atoms. The van der Waals surface area contributed by atoms with Crippen molar-refractivity contribution >= 4 is 66.1 Å². The van der Waals surface area contributed by atoms with Gasteiger partial charge in [0.25, 0.3) is 0 Å². The number of nitrogens with one attached hydrogen (secondary N) is 2. The molecule has 5 heteroatoms. The SMILES string of the molecule is N=C(N=C(Nn1c2ccccc2c2ccc(-c3cc4c5ccccc5n(-c5ccccc5)c4c4ccccc34)cc21)c1ccccc1)c1ccccc1. The minimum Gasteiger partial charge on any atom is -0.309 e. The monoisotopic (exact) mass is 679 g/mol. The van der Waals surface area contributed by atoms with Crippen molar-refractivity contribution in [1.29, 1.82) is 5.41 Å². The molecule has 10 aromatic rings. The number of nitrogens with zero attached hydrogens (tertiary/aromatic N) is 3. The fraction of sp³-hybridized carbons (Fsp3) is 0. The molecule has 53 heavy (non-hydrogen) atoms. The molecule has 0 spiro atoms. The first kappa shape index (κ1) is 30.6. The highest BCUT2D eigenvalue weighted by molar-refractivity contribution is 6.23. The van der Waals surface area contributed by atoms with Crippen LogP contribution in [0.25, 0.3) is 71.2 Å². The van der Waals surface area contributed by atoms with Crippen molar-refractivity contribution in [3.8, 4) is 16.8 Å². The van der Waals surface area contributed by atoms with Gasteiger partial charge in [-0.25, -0.2) is 4.99 Å². The smallest absolute Gasteiger partial charge is 0.154 e. The Morgan fingerprint density at radius 1 is 0.453 bits per heavy atom. The van der Waals surface area contributed by atoms with Crippen molar-refractivity contribution in [2.24, 2.45) is 4.99 Å². The van der Waals surface area contributed by atoms with Gasteiger partial charge in [0.1, 0.15) is 0 Å². The van der Waals surface area contributed by atoms with Crippen molar-refractivity contribution in [3.05, 3.63) is 199 Å². The Bertz CT molecular complexity index is 3030. The molecule has 0 radical (unpaired) electrons. The molecular weight excluding hydrogens is 647 g/mol. The second-order valence-electron chi connectivity index (χ2n) is 13.3. The van der Waals surface area contributed by atoms with E-state index in [0.29, 0.717) is 5.84 Å². The molecule has 0 aliphatic rings. The zero-order chi connectivity index (χ0) is 35.3. The van der Waals surface area contributed by atoms with E-state index in [9.17, 15) is 0 Å². The second-order valence-corrected chi connectivity index (χ2v) is 13.3. The van der Waals surface area contributed by atoms with Crippen molar-refractivity contribution in [1.82, 2.24) is 9.24 Å². The van der Waals surface area contributed by atoms with E-state index in [-0.39, 0.29) is 5.84 Å². The van der Waals surface area contributed by atoms with Gasteiger partial charge < -0.3 is 4.57 Å². The second kappa shape index (κ2) is 12.5. The number of aromatic nitrogens is 2. The predicted octanol–water partition coefficient (Wildman–Crippen LogP) is 11.7. The highest BCUT2D eigenvalue weighted by Crippen LogP contribution is 2.42. The summed E-state index contributed by atoms with van der Waals surface area (Å²) in [5, 5.41) is 16.0. The maximum absolute atomic E-state index is 8.93. The molecule has 0 amide bonds. The van der Waals surface area contributed by atoms with Crippen LogP contribution < -0.4 is 5.43 Å². The van der Waals surface area contributed by atoms with Gasteiger partial charge >= 0.3 is 0 Å². The Morgan fingerprint density at radius 2 is 1.00 bits per heavy atom. The fourth-order valence-corrected chi connectivity index (χ4v) is 7.79. The number of hydrogen-bond acceptors (Lipinski definition) is 1. The van der Waals surface area contributed by atoms with Crippen LogP contribution in [0.4, 0.5) is 0 Å². The van der Waals surface area contributed by atoms with Crippen LogP contribution in [0.5, 0.6) is 0 Å². The summed E-state index contributed by atoms with van der Waals surface area (Å²) in [7, 11) is 0. The number of para-hydroxylation sites is 3. The number of benzene rings is 8. The number of aliphatic imine (C=N–C) groups is 1. The summed E-state index contributed by atoms with van der Waals surface area (Å²) in [6, 6.07) is 65.4. The lowest BCUT2D eigenvalue weighted by atomic mass is 9.94. The van der Waals surface area contributed by atoms with E-state index in [1.807, 2.05) is 60.7 Å². The van der Waals surface area contributed by atoms with Gasteiger partial charge in [0.05, 0.1) is 22.1 Å². The normalized spacial score (nSPS) is 12.0. The summed E-state index contributed by atoms with van der Waals surface area (Å²) < 4.78 is 4.53. The van der Waals surface area contributed by atoms with Gasteiger partial charge in [-0.1, -0.05) is 152 Å². The Hall–Kier alpha value is -7.24. The van der Waals surface area contributed by atoms with Gasteiger partial charge in [-0.2, -0.15) is 0 Å². The molecule has 0 fully saturated rings. The van der Waals surface area contributed by atoms with Crippen LogP contribution in [-0.2, 0) is 0 Å². The van der Waals surface area contributed by atoms with E-state index in [1.165, 1.54) is 38.1 Å². The minimum atomic E-state index is 0.188. The van der Waals surface area contributed by atoms with Crippen LogP contribution in [0.2, 0.25) is 0 Å². The number of fused-ring (bicyclic) bond motifs is 8. The number of hydrogen-bond donors (Lipinski definition) is 2. The van der Waals surface area contributed by atoms with Gasteiger partial charge in [0, 0.05) is 43.7 Å². The van der Waals surface area contributed by atoms with E-state index in [1.54, 1.807) is 0 Å². The Labute approximate surface area is 306 Å². The molecule has 0 aliphatic carbocycles. The molecule has 0 atom stereocenters. The number of amidine groups is 2. The van der Waals surface area contributed by atoms with Crippen molar-refractivity contribution < 1.29 is 0 Å². The van der Waals surface area contributed by atoms with Gasteiger partial charge in [-0.15, -0.1) is 0 Å². The first-order valence-corrected chi connectivity index (χ1v) is 17.8. The van der Waals surface area contributed by atoms with E-state index < -0.39 is 0 Å². The third-order valence-electron chi connectivity index (χ3n) is 10.2. The van der Waals surface area contributed by atoms with Crippen LogP contribution in [0.15, 0.2) is 193 Å². The molecule has 0 unspecified atom stereocenters. The average molecular weight is 680 g/mol. The molecule has 250 valence electrons. The molecule has 0 saturated carbocycles. The standard InChI is InChI=1S/C48H33N5/c49-47(32-16-4-1-5-17-32)50-48(33-18-6-2-7-19-33)51-53-44-27-15-13-23-37(44)39-29-28-34(30-45(39)53)41-31-42-38-24-12-14-26-43(38)52(35-20-8-3-9-21-35)46(42)40-25-11-10-22-36(40)41/h1-31H,(H2,49,50,51). The molecule has 0 aliphatic heterocycles. The summed E-state index contributed by atoms with van der Waals surface area (Å²) in [6.45, 7) is 0. The predicted molar refractivity (Wildman–Crippen MR) is 222 cm³/mol. The lowest BCUT2D eigenvalue weighted by Crippen LogP contribution is -2.25. The molecule has 8 aromatic carbocycles. The Morgan fingerprint density at radius 3 is 1.72 bits per heavy atom. The molecule has 2 aromatic heterocycles. The van der Waals surface area contributed by atoms with E-state index in [4.69, 9.17) is 10.4 Å². The largest absolute Gasteiger partial charge is 0.309 e. The quantitative estimate of drug-likeness (QED) is 0.138. The van der Waals surface area contributed by atoms with Gasteiger partial charge in [0.2, 0.25) is 0 Å². The van der Waals surface area contributed by atoms with E-state index >= 15 is 0 Å². The van der Waals surface area contributed by atoms with Crippen molar-refractivity contribution in [2.45, 2.75) is 0 Å². The highest BCUT2D eigenvalue weighted by Gasteiger charge is 2.20. The summed E-state index contributed by atoms with van der Waals surface area (Å²) in [6.07, 6.45) is 0. The molecule has 2 heterocycles. The van der Waals surface area contributed by atoms with E-state index in [2.05, 4.69) is 142 Å². The third-order valence-corrected chi connectivity index (χ3v) is 10.2. The molecule has 5 nitrogen and oxygen atoms in total. The van der Waals surface area contributed by atoms with Crippen LogP contribution in [-0.4, -0.2) is 20.9 Å². The van der Waals surface area contributed by atoms with Crippen LogP contribution in [0, 0.1) is 5.41 Å². The lowest BCUT2D eigenvalue weighted by molar-refractivity contribution is 1.08. The van der Waals surface area contributed by atoms with Gasteiger partial charge in [-0.05, 0) is 52.9 Å². The first-order chi connectivity index (χ1) is 26.2. The third kappa shape index (κ3) is 5.09. The maximum atomic E-state index is 8.93. The molecule has 2 N–H and O–H groups in total.